The molecule has 1 aromatic rings. The lowest BCUT2D eigenvalue weighted by Crippen LogP contribution is -2.34. The Labute approximate surface area is 109 Å². The van der Waals surface area contributed by atoms with Gasteiger partial charge in [0.2, 0.25) is 0 Å². The van der Waals surface area contributed by atoms with E-state index in [9.17, 15) is 0 Å². The highest BCUT2D eigenvalue weighted by atomic mass is 16.5. The molecule has 18 heavy (non-hydrogen) atoms. The van der Waals surface area contributed by atoms with Gasteiger partial charge in [-0.1, -0.05) is 13.0 Å². The summed E-state index contributed by atoms with van der Waals surface area (Å²) in [4.78, 5) is 2.52. The van der Waals surface area contributed by atoms with E-state index in [4.69, 9.17) is 10.5 Å². The Morgan fingerprint density at radius 2 is 2.33 bits per heavy atom. The first-order chi connectivity index (χ1) is 8.76. The number of para-hydroxylation sites is 1. The maximum atomic E-state index is 6.04. The van der Waals surface area contributed by atoms with Crippen LogP contribution in [0.1, 0.15) is 19.8 Å². The molecule has 0 amide bonds. The number of benzene rings is 1. The van der Waals surface area contributed by atoms with Gasteiger partial charge in [0, 0.05) is 12.6 Å². The summed E-state index contributed by atoms with van der Waals surface area (Å²) >= 11 is 0. The standard InChI is InChI=1S/C14H23N3O/c1-3-17-9-5-6-11(17)10-16-12-7-4-8-13(18-2)14(12)15/h4,7-8,11,16H,3,5-6,9-10,15H2,1-2H3. The van der Waals surface area contributed by atoms with Crippen molar-refractivity contribution in [3.63, 3.8) is 0 Å². The smallest absolute Gasteiger partial charge is 0.143 e. The van der Waals surface area contributed by atoms with E-state index in [-0.39, 0.29) is 0 Å². The van der Waals surface area contributed by atoms with Crippen LogP contribution in [0.25, 0.3) is 0 Å². The van der Waals surface area contributed by atoms with Crippen molar-refractivity contribution in [1.29, 1.82) is 0 Å². The summed E-state index contributed by atoms with van der Waals surface area (Å²) < 4.78 is 5.22. The van der Waals surface area contributed by atoms with Crippen LogP contribution in [0.15, 0.2) is 18.2 Å². The van der Waals surface area contributed by atoms with Crippen molar-refractivity contribution in [1.82, 2.24) is 4.90 Å². The van der Waals surface area contributed by atoms with Gasteiger partial charge in [-0.3, -0.25) is 4.90 Å². The zero-order valence-electron chi connectivity index (χ0n) is 11.3. The SMILES string of the molecule is CCN1CCCC1CNc1cccc(OC)c1N. The van der Waals surface area contributed by atoms with Crippen LogP contribution in [-0.4, -0.2) is 37.7 Å². The van der Waals surface area contributed by atoms with Gasteiger partial charge in [0.15, 0.2) is 0 Å². The van der Waals surface area contributed by atoms with Gasteiger partial charge in [-0.25, -0.2) is 0 Å². The molecule has 4 nitrogen and oxygen atoms in total. The van der Waals surface area contributed by atoms with E-state index in [1.807, 2.05) is 18.2 Å². The van der Waals surface area contributed by atoms with Gasteiger partial charge in [0.25, 0.3) is 0 Å². The third-order valence-corrected chi connectivity index (χ3v) is 3.72. The fraction of sp³-hybridized carbons (Fsp3) is 0.571. The first-order valence-corrected chi connectivity index (χ1v) is 6.66. The Balaban J connectivity index is 1.98. The topological polar surface area (TPSA) is 50.5 Å². The number of nitrogens with two attached hydrogens (primary N) is 1. The molecule has 1 aliphatic rings. The Morgan fingerprint density at radius 3 is 3.06 bits per heavy atom. The van der Waals surface area contributed by atoms with Crippen molar-refractivity contribution >= 4 is 11.4 Å². The average molecular weight is 249 g/mol. The highest BCUT2D eigenvalue weighted by molar-refractivity contribution is 5.72. The average Bonchev–Trinajstić information content (AvgIpc) is 2.85. The van der Waals surface area contributed by atoms with Crippen LogP contribution >= 0.6 is 0 Å². The molecule has 1 aromatic carbocycles. The van der Waals surface area contributed by atoms with Crippen LogP contribution in [0, 0.1) is 0 Å². The minimum atomic E-state index is 0.626. The van der Waals surface area contributed by atoms with E-state index in [0.29, 0.717) is 11.7 Å². The molecule has 0 bridgehead atoms. The maximum absolute atomic E-state index is 6.04. The molecule has 1 saturated heterocycles. The normalized spacial score (nSPS) is 20.0. The molecule has 1 unspecified atom stereocenters. The minimum absolute atomic E-state index is 0.626. The Bertz CT molecular complexity index is 395. The zero-order valence-corrected chi connectivity index (χ0v) is 11.3. The third-order valence-electron chi connectivity index (χ3n) is 3.72. The number of hydrogen-bond acceptors (Lipinski definition) is 4. The molecule has 0 saturated carbocycles. The molecular formula is C14H23N3O. The lowest BCUT2D eigenvalue weighted by atomic mass is 10.2. The van der Waals surface area contributed by atoms with Gasteiger partial charge >= 0.3 is 0 Å². The number of nitrogens with one attached hydrogen (secondary N) is 1. The van der Waals surface area contributed by atoms with Gasteiger partial charge in [-0.05, 0) is 38.1 Å². The van der Waals surface area contributed by atoms with Crippen molar-refractivity contribution < 1.29 is 4.74 Å². The minimum Gasteiger partial charge on any atom is -0.495 e. The number of nitrogen functional groups attached to an aromatic ring is 1. The van der Waals surface area contributed by atoms with Crippen LogP contribution < -0.4 is 15.8 Å². The molecule has 0 spiro atoms. The van der Waals surface area contributed by atoms with Gasteiger partial charge in [-0.2, -0.15) is 0 Å². The molecular weight excluding hydrogens is 226 g/mol. The monoisotopic (exact) mass is 249 g/mol. The Hall–Kier alpha value is -1.42. The van der Waals surface area contributed by atoms with Crippen LogP contribution in [0.5, 0.6) is 5.75 Å². The Morgan fingerprint density at radius 1 is 1.50 bits per heavy atom. The van der Waals surface area contributed by atoms with Gasteiger partial charge in [0.05, 0.1) is 18.5 Å². The lowest BCUT2D eigenvalue weighted by molar-refractivity contribution is 0.277. The highest BCUT2D eigenvalue weighted by Crippen LogP contribution is 2.29. The molecule has 100 valence electrons. The molecule has 1 heterocycles. The largest absolute Gasteiger partial charge is 0.495 e. The van der Waals surface area contributed by atoms with Crippen LogP contribution in [0.2, 0.25) is 0 Å². The molecule has 0 radical (unpaired) electrons. The van der Waals surface area contributed by atoms with Crippen LogP contribution in [-0.2, 0) is 0 Å². The quantitative estimate of drug-likeness (QED) is 0.785. The number of anilines is 2. The summed E-state index contributed by atoms with van der Waals surface area (Å²) in [5.41, 5.74) is 7.71. The Kier molecular flexibility index (Phi) is 4.31. The van der Waals surface area contributed by atoms with E-state index in [1.165, 1.54) is 19.4 Å². The molecule has 1 atom stereocenters. The second-order valence-corrected chi connectivity index (χ2v) is 4.73. The number of likely N-dealkylation sites (N-methyl/N-ethyl adjacent to an activating group) is 1. The summed E-state index contributed by atoms with van der Waals surface area (Å²) in [5.74, 6) is 0.735. The predicted octanol–water partition coefficient (Wildman–Crippen LogP) is 2.17. The van der Waals surface area contributed by atoms with E-state index in [2.05, 4.69) is 17.1 Å². The summed E-state index contributed by atoms with van der Waals surface area (Å²) in [6.07, 6.45) is 2.57. The molecule has 3 N–H and O–H groups in total. The van der Waals surface area contributed by atoms with E-state index in [1.54, 1.807) is 7.11 Å². The number of nitrogens with zero attached hydrogens (tertiary/aromatic N) is 1. The number of hydrogen-bond donors (Lipinski definition) is 2. The van der Waals surface area contributed by atoms with E-state index in [0.717, 1.165) is 24.5 Å². The summed E-state index contributed by atoms with van der Waals surface area (Å²) in [7, 11) is 1.64. The molecule has 0 aromatic heterocycles. The van der Waals surface area contributed by atoms with Crippen molar-refractivity contribution in [2.24, 2.45) is 0 Å². The van der Waals surface area contributed by atoms with Crippen molar-refractivity contribution in [2.45, 2.75) is 25.8 Å². The molecule has 1 fully saturated rings. The summed E-state index contributed by atoms with van der Waals surface area (Å²) in [6, 6.07) is 6.47. The van der Waals surface area contributed by atoms with Gasteiger partial charge in [0.1, 0.15) is 5.75 Å². The van der Waals surface area contributed by atoms with Crippen molar-refractivity contribution in [3.8, 4) is 5.75 Å². The maximum Gasteiger partial charge on any atom is 0.143 e. The number of ether oxygens (including phenoxy) is 1. The summed E-state index contributed by atoms with van der Waals surface area (Å²) in [6.45, 7) is 5.51. The third kappa shape index (κ3) is 2.70. The number of likely N-dealkylation sites (tertiary alicyclic amines) is 1. The first-order valence-electron chi connectivity index (χ1n) is 6.66. The molecule has 1 aliphatic heterocycles. The fourth-order valence-corrected chi connectivity index (χ4v) is 2.65. The second-order valence-electron chi connectivity index (χ2n) is 4.73. The van der Waals surface area contributed by atoms with Crippen LogP contribution in [0.3, 0.4) is 0 Å². The molecule has 0 aliphatic carbocycles. The van der Waals surface area contributed by atoms with E-state index >= 15 is 0 Å². The molecule has 2 rings (SSSR count). The second kappa shape index (κ2) is 5.96. The van der Waals surface area contributed by atoms with Crippen molar-refractivity contribution in [3.05, 3.63) is 18.2 Å². The fourth-order valence-electron chi connectivity index (χ4n) is 2.65. The number of methoxy groups -OCH3 is 1. The van der Waals surface area contributed by atoms with E-state index < -0.39 is 0 Å². The first kappa shape index (κ1) is 13.0. The number of rotatable bonds is 5. The molecule has 4 heteroatoms. The van der Waals surface area contributed by atoms with Crippen LogP contribution in [0.4, 0.5) is 11.4 Å². The van der Waals surface area contributed by atoms with Gasteiger partial charge in [-0.15, -0.1) is 0 Å². The lowest BCUT2D eigenvalue weighted by Gasteiger charge is -2.24. The summed E-state index contributed by atoms with van der Waals surface area (Å²) in [5, 5.41) is 3.45. The van der Waals surface area contributed by atoms with Gasteiger partial charge < -0.3 is 15.8 Å². The zero-order chi connectivity index (χ0) is 13.0. The predicted molar refractivity (Wildman–Crippen MR) is 76.2 cm³/mol. The van der Waals surface area contributed by atoms with Crippen molar-refractivity contribution in [2.75, 3.05) is 37.8 Å². The highest BCUT2D eigenvalue weighted by Gasteiger charge is 2.22.